The fourth-order valence-corrected chi connectivity index (χ4v) is 0.829. The molecule has 0 saturated carbocycles. The third-order valence-corrected chi connectivity index (χ3v) is 1.48. The van der Waals surface area contributed by atoms with E-state index >= 15 is 0 Å². The van der Waals surface area contributed by atoms with Crippen LogP contribution in [0.25, 0.3) is 0 Å². The molecule has 0 radical (unpaired) electrons. The monoisotopic (exact) mass is 211 g/mol. The molecule has 0 amide bonds. The van der Waals surface area contributed by atoms with Crippen molar-refractivity contribution in [1.29, 1.82) is 0 Å². The Morgan fingerprint density at radius 3 is 2.64 bits per heavy atom. The number of alkyl halides is 3. The molecular weight excluding hydrogens is 195 g/mol. The summed E-state index contributed by atoms with van der Waals surface area (Å²) in [7, 11) is 0. The Bertz CT molecular complexity index is 159. The summed E-state index contributed by atoms with van der Waals surface area (Å²) in [4.78, 5) is 0. The number of ether oxygens (including phenoxy) is 1. The molecule has 0 aromatic carbocycles. The molecular formula is C9H16F3NO. The summed E-state index contributed by atoms with van der Waals surface area (Å²) in [5.74, 6) is 0. The Balaban J connectivity index is 3.35. The summed E-state index contributed by atoms with van der Waals surface area (Å²) in [6, 6.07) is 0. The highest BCUT2D eigenvalue weighted by Crippen LogP contribution is 2.12. The molecule has 0 saturated heterocycles. The van der Waals surface area contributed by atoms with Gasteiger partial charge in [0.05, 0.1) is 19.3 Å². The molecule has 0 spiro atoms. The van der Waals surface area contributed by atoms with Gasteiger partial charge < -0.3 is 10.1 Å². The van der Waals surface area contributed by atoms with Crippen LogP contribution in [0.15, 0.2) is 12.7 Å². The van der Waals surface area contributed by atoms with E-state index in [4.69, 9.17) is 4.74 Å². The van der Waals surface area contributed by atoms with E-state index in [2.05, 4.69) is 11.9 Å². The first-order chi connectivity index (χ1) is 6.45. The quantitative estimate of drug-likeness (QED) is 0.514. The SMILES string of the molecule is C=CCCOC(C)CNCC(F)(F)F. The number of hydrogen-bond donors (Lipinski definition) is 1. The Hall–Kier alpha value is -0.550. The predicted molar refractivity (Wildman–Crippen MR) is 49.2 cm³/mol. The number of hydrogen-bond acceptors (Lipinski definition) is 2. The minimum atomic E-state index is -4.15. The second-order valence-electron chi connectivity index (χ2n) is 3.00. The van der Waals surface area contributed by atoms with Crippen molar-refractivity contribution < 1.29 is 17.9 Å². The highest BCUT2D eigenvalue weighted by molar-refractivity contribution is 4.66. The van der Waals surface area contributed by atoms with E-state index in [0.717, 1.165) is 0 Å². The molecule has 0 fully saturated rings. The molecule has 0 aromatic heterocycles. The lowest BCUT2D eigenvalue weighted by Gasteiger charge is -2.14. The van der Waals surface area contributed by atoms with E-state index < -0.39 is 12.7 Å². The smallest absolute Gasteiger partial charge is 0.377 e. The highest BCUT2D eigenvalue weighted by Gasteiger charge is 2.26. The summed E-state index contributed by atoms with van der Waals surface area (Å²) in [5, 5.41) is 2.28. The van der Waals surface area contributed by atoms with Crippen LogP contribution in [-0.2, 0) is 4.74 Å². The molecule has 0 aliphatic rings. The summed E-state index contributed by atoms with van der Waals surface area (Å²) in [6.07, 6.45) is -1.95. The molecule has 2 nitrogen and oxygen atoms in total. The first kappa shape index (κ1) is 13.4. The molecule has 0 heterocycles. The van der Waals surface area contributed by atoms with Gasteiger partial charge in [0.15, 0.2) is 0 Å². The van der Waals surface area contributed by atoms with Crippen LogP contribution in [0.3, 0.4) is 0 Å². The summed E-state index contributed by atoms with van der Waals surface area (Å²) >= 11 is 0. The zero-order chi connectivity index (χ0) is 11.0. The van der Waals surface area contributed by atoms with Gasteiger partial charge in [-0.15, -0.1) is 6.58 Å². The second kappa shape index (κ2) is 6.84. The Kier molecular flexibility index (Phi) is 6.57. The topological polar surface area (TPSA) is 21.3 Å². The van der Waals surface area contributed by atoms with Crippen molar-refractivity contribution in [3.8, 4) is 0 Å². The third kappa shape index (κ3) is 9.54. The van der Waals surface area contributed by atoms with Gasteiger partial charge in [-0.3, -0.25) is 0 Å². The maximum absolute atomic E-state index is 11.7. The molecule has 1 atom stereocenters. The third-order valence-electron chi connectivity index (χ3n) is 1.48. The molecule has 1 unspecified atom stereocenters. The second-order valence-corrected chi connectivity index (χ2v) is 3.00. The van der Waals surface area contributed by atoms with Crippen molar-refractivity contribution in [2.75, 3.05) is 19.7 Å². The van der Waals surface area contributed by atoms with Gasteiger partial charge in [0.2, 0.25) is 0 Å². The summed E-state index contributed by atoms with van der Waals surface area (Å²) < 4.78 is 40.3. The van der Waals surface area contributed by atoms with E-state index in [1.165, 1.54) is 0 Å². The van der Waals surface area contributed by atoms with Gasteiger partial charge in [-0.1, -0.05) is 6.08 Å². The molecule has 0 aliphatic carbocycles. The van der Waals surface area contributed by atoms with Crippen LogP contribution in [0, 0.1) is 0 Å². The summed E-state index contributed by atoms with van der Waals surface area (Å²) in [6.45, 7) is 4.97. The fourth-order valence-electron chi connectivity index (χ4n) is 0.829. The van der Waals surface area contributed by atoms with Crippen molar-refractivity contribution in [3.63, 3.8) is 0 Å². The van der Waals surface area contributed by atoms with Crippen LogP contribution in [0.4, 0.5) is 13.2 Å². The molecule has 0 aromatic rings. The molecule has 0 bridgehead atoms. The van der Waals surface area contributed by atoms with Gasteiger partial charge in [-0.2, -0.15) is 13.2 Å². The van der Waals surface area contributed by atoms with Gasteiger partial charge in [0, 0.05) is 6.54 Å². The van der Waals surface area contributed by atoms with Crippen LogP contribution in [0.5, 0.6) is 0 Å². The first-order valence-corrected chi connectivity index (χ1v) is 4.45. The maximum Gasteiger partial charge on any atom is 0.401 e. The summed E-state index contributed by atoms with van der Waals surface area (Å²) in [5.41, 5.74) is 0. The van der Waals surface area contributed by atoms with E-state index in [1.54, 1.807) is 13.0 Å². The van der Waals surface area contributed by atoms with Gasteiger partial charge in [0.1, 0.15) is 0 Å². The first-order valence-electron chi connectivity index (χ1n) is 4.45. The van der Waals surface area contributed by atoms with E-state index in [1.807, 2.05) is 0 Å². The van der Waals surface area contributed by atoms with Crippen molar-refractivity contribution in [3.05, 3.63) is 12.7 Å². The van der Waals surface area contributed by atoms with Gasteiger partial charge in [-0.05, 0) is 13.3 Å². The molecule has 5 heteroatoms. The van der Waals surface area contributed by atoms with Crippen molar-refractivity contribution in [2.24, 2.45) is 0 Å². The molecule has 0 rings (SSSR count). The standard InChI is InChI=1S/C9H16F3NO/c1-3-4-5-14-8(2)6-13-7-9(10,11)12/h3,8,13H,1,4-7H2,2H3. The van der Waals surface area contributed by atoms with Crippen LogP contribution in [0.2, 0.25) is 0 Å². The minimum absolute atomic E-state index is 0.205. The molecule has 84 valence electrons. The van der Waals surface area contributed by atoms with E-state index in [-0.39, 0.29) is 12.6 Å². The van der Waals surface area contributed by atoms with Gasteiger partial charge in [-0.25, -0.2) is 0 Å². The van der Waals surface area contributed by atoms with Crippen molar-refractivity contribution in [1.82, 2.24) is 5.32 Å². The highest BCUT2D eigenvalue weighted by atomic mass is 19.4. The van der Waals surface area contributed by atoms with Crippen LogP contribution < -0.4 is 5.32 Å². The number of halogens is 3. The van der Waals surface area contributed by atoms with Gasteiger partial charge >= 0.3 is 6.18 Å². The average molecular weight is 211 g/mol. The largest absolute Gasteiger partial charge is 0.401 e. The zero-order valence-electron chi connectivity index (χ0n) is 8.23. The lowest BCUT2D eigenvalue weighted by molar-refractivity contribution is -0.125. The fraction of sp³-hybridized carbons (Fsp3) is 0.778. The number of nitrogens with one attached hydrogen (secondary N) is 1. The Labute approximate surface area is 82.1 Å². The normalized spacial score (nSPS) is 14.0. The molecule has 0 aliphatic heterocycles. The van der Waals surface area contributed by atoms with Crippen molar-refractivity contribution >= 4 is 0 Å². The van der Waals surface area contributed by atoms with Crippen molar-refractivity contribution in [2.45, 2.75) is 25.6 Å². The Morgan fingerprint density at radius 1 is 1.50 bits per heavy atom. The maximum atomic E-state index is 11.7. The van der Waals surface area contributed by atoms with Gasteiger partial charge in [0.25, 0.3) is 0 Å². The molecule has 14 heavy (non-hydrogen) atoms. The van der Waals surface area contributed by atoms with Crippen LogP contribution in [0.1, 0.15) is 13.3 Å². The van der Waals surface area contributed by atoms with E-state index in [0.29, 0.717) is 13.0 Å². The molecule has 1 N–H and O–H groups in total. The lowest BCUT2D eigenvalue weighted by Crippen LogP contribution is -2.34. The van der Waals surface area contributed by atoms with Crippen LogP contribution >= 0.6 is 0 Å². The lowest BCUT2D eigenvalue weighted by atomic mass is 10.4. The minimum Gasteiger partial charge on any atom is -0.377 e. The average Bonchev–Trinajstić information content (AvgIpc) is 2.02. The van der Waals surface area contributed by atoms with E-state index in [9.17, 15) is 13.2 Å². The Morgan fingerprint density at radius 2 is 2.14 bits per heavy atom. The number of rotatable bonds is 7. The predicted octanol–water partition coefficient (Wildman–Crippen LogP) is 2.12. The van der Waals surface area contributed by atoms with Crippen LogP contribution in [-0.4, -0.2) is 32.0 Å². The zero-order valence-corrected chi connectivity index (χ0v) is 8.23.